The lowest BCUT2D eigenvalue weighted by molar-refractivity contribution is -0.144. The van der Waals surface area contributed by atoms with E-state index in [4.69, 9.17) is 26.1 Å². The van der Waals surface area contributed by atoms with Gasteiger partial charge in [0.15, 0.2) is 5.82 Å². The van der Waals surface area contributed by atoms with Crippen molar-refractivity contribution in [2.75, 3.05) is 19.7 Å². The monoisotopic (exact) mass is 675 g/mol. The average Bonchev–Trinajstić information content (AvgIpc) is 3.64. The summed E-state index contributed by atoms with van der Waals surface area (Å²) in [5, 5.41) is 7.07. The molecule has 2 saturated heterocycles. The number of alkyl halides is 3. The lowest BCUT2D eigenvalue weighted by atomic mass is 10.1. The molecule has 2 fully saturated rings. The van der Waals surface area contributed by atoms with Gasteiger partial charge in [-0.05, 0) is 43.0 Å². The summed E-state index contributed by atoms with van der Waals surface area (Å²) < 4.78 is 81.6. The van der Waals surface area contributed by atoms with Gasteiger partial charge in [0.2, 0.25) is 11.6 Å². The first-order valence-corrected chi connectivity index (χ1v) is 15.3. The SMILES string of the molecule is Fc1cc(Cl)ccc1Cc1ncc(F)c(OC2CCN(Cc3nc4cc(-c5nnc(C(F)(F)F)[nH]5)ncc4n3C[C@@H]3CCO3)CC2)n1. The Morgan fingerprint density at radius 3 is 2.51 bits per heavy atom. The Morgan fingerprint density at radius 1 is 1.00 bits per heavy atom. The summed E-state index contributed by atoms with van der Waals surface area (Å²) >= 11 is 5.83. The summed E-state index contributed by atoms with van der Waals surface area (Å²) in [5.41, 5.74) is 1.80. The number of nitrogens with zero attached hydrogens (tertiary/aromatic N) is 8. The Balaban J connectivity index is 1.03. The maximum absolute atomic E-state index is 14.6. The fourth-order valence-electron chi connectivity index (χ4n) is 5.60. The standard InChI is InChI=1S/C30H27ClF5N9O2/c31-17-2-1-16(20(32)10-17)9-25-38-12-21(33)28(40-25)47-18-3-6-44(7-4-18)15-26-39-22-11-23(27-41-29(43-42-27)30(34,35)36)37-13-24(22)45(26)14-19-5-8-46-19/h1-2,10-13,18-19H,3-9,14-15H2,(H,41,42,43)/t19-/m0/s1. The van der Waals surface area contributed by atoms with Crippen molar-refractivity contribution in [3.8, 4) is 17.4 Å². The van der Waals surface area contributed by atoms with Gasteiger partial charge in [0.1, 0.15) is 29.3 Å². The highest BCUT2D eigenvalue weighted by molar-refractivity contribution is 6.30. The molecule has 246 valence electrons. The molecule has 1 aromatic carbocycles. The van der Waals surface area contributed by atoms with Crippen LogP contribution in [0.15, 0.2) is 36.7 Å². The molecule has 47 heavy (non-hydrogen) atoms. The lowest BCUT2D eigenvalue weighted by Crippen LogP contribution is -2.39. The molecule has 0 aliphatic carbocycles. The zero-order chi connectivity index (χ0) is 32.7. The molecule has 2 aliphatic heterocycles. The van der Waals surface area contributed by atoms with Crippen LogP contribution in [0.4, 0.5) is 22.0 Å². The molecule has 1 N–H and O–H groups in total. The first-order valence-electron chi connectivity index (χ1n) is 14.9. The normalized spacial score (nSPS) is 17.7. The molecule has 6 heterocycles. The number of piperidine rings is 1. The maximum atomic E-state index is 14.6. The van der Waals surface area contributed by atoms with E-state index >= 15 is 0 Å². The third-order valence-corrected chi connectivity index (χ3v) is 8.43. The van der Waals surface area contributed by atoms with Gasteiger partial charge >= 0.3 is 6.18 Å². The number of aromatic amines is 1. The fourth-order valence-corrected chi connectivity index (χ4v) is 5.76. The highest BCUT2D eigenvalue weighted by Gasteiger charge is 2.35. The number of nitrogens with one attached hydrogen (secondary N) is 1. The zero-order valence-corrected chi connectivity index (χ0v) is 25.4. The topological polar surface area (TPSA) is 120 Å². The summed E-state index contributed by atoms with van der Waals surface area (Å²) in [6.07, 6.45) is -0.196. The second-order valence-corrected chi connectivity index (χ2v) is 11.9. The molecule has 0 bridgehead atoms. The van der Waals surface area contributed by atoms with Gasteiger partial charge in [-0.2, -0.15) is 22.5 Å². The first kappa shape index (κ1) is 31.3. The molecule has 17 heteroatoms. The van der Waals surface area contributed by atoms with Crippen molar-refractivity contribution in [3.05, 3.63) is 76.4 Å². The highest BCUT2D eigenvalue weighted by Crippen LogP contribution is 2.29. The second-order valence-electron chi connectivity index (χ2n) is 11.4. The maximum Gasteiger partial charge on any atom is 0.451 e. The minimum Gasteiger partial charge on any atom is -0.472 e. The van der Waals surface area contributed by atoms with E-state index in [0.717, 1.165) is 24.0 Å². The molecule has 0 radical (unpaired) electrons. The van der Waals surface area contributed by atoms with Crippen molar-refractivity contribution in [2.45, 2.75) is 57.2 Å². The highest BCUT2D eigenvalue weighted by atomic mass is 35.5. The first-order chi connectivity index (χ1) is 22.6. The van der Waals surface area contributed by atoms with Crippen LogP contribution in [0.1, 0.15) is 42.3 Å². The molecule has 5 aromatic rings. The lowest BCUT2D eigenvalue weighted by Gasteiger charge is -2.32. The molecule has 0 saturated carbocycles. The number of H-pyrrole nitrogens is 1. The number of fused-ring (bicyclic) bond motifs is 1. The zero-order valence-electron chi connectivity index (χ0n) is 24.6. The van der Waals surface area contributed by atoms with Crippen molar-refractivity contribution < 1.29 is 31.4 Å². The number of aromatic nitrogens is 8. The van der Waals surface area contributed by atoms with Crippen LogP contribution >= 0.6 is 11.6 Å². The van der Waals surface area contributed by atoms with Crippen LogP contribution in [-0.2, 0) is 30.4 Å². The molecular formula is C30H27ClF5N9O2. The van der Waals surface area contributed by atoms with E-state index in [1.807, 2.05) is 4.57 Å². The smallest absolute Gasteiger partial charge is 0.451 e. The summed E-state index contributed by atoms with van der Waals surface area (Å²) in [7, 11) is 0. The Labute approximate surface area is 269 Å². The van der Waals surface area contributed by atoms with Crippen LogP contribution in [0.2, 0.25) is 5.02 Å². The summed E-state index contributed by atoms with van der Waals surface area (Å²) in [6, 6.07) is 5.88. The quantitative estimate of drug-likeness (QED) is 0.205. The van der Waals surface area contributed by atoms with E-state index in [2.05, 4.69) is 35.0 Å². The Bertz CT molecular complexity index is 1900. The van der Waals surface area contributed by atoms with Gasteiger partial charge in [-0.3, -0.25) is 9.88 Å². The van der Waals surface area contributed by atoms with Gasteiger partial charge in [-0.25, -0.2) is 14.4 Å². The Morgan fingerprint density at radius 2 is 1.81 bits per heavy atom. The molecule has 11 nitrogen and oxygen atoms in total. The fraction of sp³-hybridized carbons (Fsp3) is 0.400. The predicted molar refractivity (Wildman–Crippen MR) is 157 cm³/mol. The van der Waals surface area contributed by atoms with Crippen molar-refractivity contribution in [1.82, 2.24) is 44.6 Å². The van der Waals surface area contributed by atoms with E-state index in [1.54, 1.807) is 18.3 Å². The molecule has 0 unspecified atom stereocenters. The molecule has 7 rings (SSSR count). The van der Waals surface area contributed by atoms with Crippen LogP contribution in [0, 0.1) is 11.6 Å². The number of halogens is 6. The number of pyridine rings is 1. The largest absolute Gasteiger partial charge is 0.472 e. The second kappa shape index (κ2) is 12.7. The Kier molecular flexibility index (Phi) is 8.48. The van der Waals surface area contributed by atoms with E-state index in [0.29, 0.717) is 56.7 Å². The number of benzene rings is 1. The van der Waals surface area contributed by atoms with Crippen molar-refractivity contribution in [1.29, 1.82) is 0 Å². The number of imidazole rings is 1. The van der Waals surface area contributed by atoms with Gasteiger partial charge in [0.25, 0.3) is 5.88 Å². The summed E-state index contributed by atoms with van der Waals surface area (Å²) in [4.78, 5) is 21.7. The number of hydrogen-bond acceptors (Lipinski definition) is 9. The summed E-state index contributed by atoms with van der Waals surface area (Å²) in [5.74, 6) is -1.72. The molecule has 2 aliphatic rings. The molecular weight excluding hydrogens is 649 g/mol. The van der Waals surface area contributed by atoms with Crippen LogP contribution < -0.4 is 4.74 Å². The van der Waals surface area contributed by atoms with Crippen LogP contribution in [-0.4, -0.2) is 76.5 Å². The van der Waals surface area contributed by atoms with Gasteiger partial charge in [-0.1, -0.05) is 17.7 Å². The third-order valence-electron chi connectivity index (χ3n) is 8.19. The molecule has 4 aromatic heterocycles. The third kappa shape index (κ3) is 6.89. The molecule has 1 atom stereocenters. The predicted octanol–water partition coefficient (Wildman–Crippen LogP) is 5.38. The van der Waals surface area contributed by atoms with Gasteiger partial charge in [0.05, 0.1) is 42.6 Å². The van der Waals surface area contributed by atoms with E-state index in [-0.39, 0.29) is 46.9 Å². The van der Waals surface area contributed by atoms with Gasteiger partial charge in [0, 0.05) is 31.1 Å². The van der Waals surface area contributed by atoms with Gasteiger partial charge in [-0.15, -0.1) is 10.2 Å². The number of ether oxygens (including phenoxy) is 2. The molecule has 0 amide bonds. The number of hydrogen-bond donors (Lipinski definition) is 1. The van der Waals surface area contributed by atoms with Crippen molar-refractivity contribution >= 4 is 22.6 Å². The average molecular weight is 676 g/mol. The van der Waals surface area contributed by atoms with E-state index in [9.17, 15) is 22.0 Å². The van der Waals surface area contributed by atoms with Crippen LogP contribution in [0.25, 0.3) is 22.6 Å². The minimum atomic E-state index is -4.66. The van der Waals surface area contributed by atoms with Crippen molar-refractivity contribution in [2.24, 2.45) is 0 Å². The van der Waals surface area contributed by atoms with Crippen LogP contribution in [0.5, 0.6) is 5.88 Å². The Hall–Kier alpha value is -4.28. The van der Waals surface area contributed by atoms with Gasteiger partial charge < -0.3 is 19.0 Å². The number of likely N-dealkylation sites (tertiary alicyclic amines) is 1. The van der Waals surface area contributed by atoms with Crippen LogP contribution in [0.3, 0.4) is 0 Å². The molecule has 0 spiro atoms. The van der Waals surface area contributed by atoms with E-state index < -0.39 is 23.6 Å². The summed E-state index contributed by atoms with van der Waals surface area (Å²) in [6.45, 7) is 2.99. The number of rotatable bonds is 9. The van der Waals surface area contributed by atoms with E-state index in [1.165, 1.54) is 12.1 Å². The van der Waals surface area contributed by atoms with Crippen molar-refractivity contribution in [3.63, 3.8) is 0 Å². The minimum absolute atomic E-state index is 0.0254.